The maximum absolute atomic E-state index is 12.9. The van der Waals surface area contributed by atoms with Gasteiger partial charge in [-0.2, -0.15) is 0 Å². The Hall–Kier alpha value is -1.78. The van der Waals surface area contributed by atoms with Gasteiger partial charge < -0.3 is 14.4 Å². The van der Waals surface area contributed by atoms with E-state index in [1.165, 1.54) is 0 Å². The molecular formula is C17H25N3O2. The molecule has 22 heavy (non-hydrogen) atoms. The minimum absolute atomic E-state index is 0.0406. The summed E-state index contributed by atoms with van der Waals surface area (Å²) in [5.74, 6) is 0.287. The zero-order valence-corrected chi connectivity index (χ0v) is 13.7. The highest BCUT2D eigenvalue weighted by Gasteiger charge is 2.49. The minimum atomic E-state index is -0.344. The molecule has 0 bridgehead atoms. The molecule has 1 aromatic rings. The van der Waals surface area contributed by atoms with Gasteiger partial charge in [-0.25, -0.2) is 0 Å². The smallest absolute Gasteiger partial charge is 0.270 e. The summed E-state index contributed by atoms with van der Waals surface area (Å²) in [7, 11) is 1.88. The van der Waals surface area contributed by atoms with Crippen molar-refractivity contribution >= 4 is 11.8 Å². The highest BCUT2D eigenvalue weighted by molar-refractivity contribution is 5.94. The van der Waals surface area contributed by atoms with Gasteiger partial charge in [-0.05, 0) is 45.2 Å². The lowest BCUT2D eigenvalue weighted by atomic mass is 9.78. The standard InChI is InChI=1S/C17H25N3O2/c1-13(2)20-10-5-7-17(16(20)22)8-11-19(12-17)15(21)14-6-4-9-18(14)3/h4,6,9,13H,5,7-8,10-12H2,1-3H3/t17-/m0/s1. The predicted molar refractivity (Wildman–Crippen MR) is 84.4 cm³/mol. The van der Waals surface area contributed by atoms with Crippen molar-refractivity contribution in [2.75, 3.05) is 19.6 Å². The molecule has 2 fully saturated rings. The topological polar surface area (TPSA) is 45.5 Å². The summed E-state index contributed by atoms with van der Waals surface area (Å²) in [5, 5.41) is 0. The second kappa shape index (κ2) is 5.45. The van der Waals surface area contributed by atoms with Crippen LogP contribution in [0, 0.1) is 5.41 Å². The average molecular weight is 303 g/mol. The molecule has 0 unspecified atom stereocenters. The fourth-order valence-corrected chi connectivity index (χ4v) is 3.86. The van der Waals surface area contributed by atoms with Crippen molar-refractivity contribution < 1.29 is 9.59 Å². The third-order valence-electron chi connectivity index (χ3n) is 5.20. The first-order valence-electron chi connectivity index (χ1n) is 8.16. The zero-order valence-electron chi connectivity index (χ0n) is 13.7. The van der Waals surface area contributed by atoms with Crippen LogP contribution in [0.1, 0.15) is 43.6 Å². The largest absolute Gasteiger partial charge is 0.347 e. The van der Waals surface area contributed by atoms with Gasteiger partial charge in [0.05, 0.1) is 5.41 Å². The van der Waals surface area contributed by atoms with E-state index in [9.17, 15) is 9.59 Å². The number of hydrogen-bond acceptors (Lipinski definition) is 2. The number of rotatable bonds is 2. The molecule has 1 atom stereocenters. The van der Waals surface area contributed by atoms with Crippen LogP contribution < -0.4 is 0 Å². The number of nitrogens with zero attached hydrogens (tertiary/aromatic N) is 3. The molecular weight excluding hydrogens is 278 g/mol. The average Bonchev–Trinajstić information content (AvgIpc) is 3.09. The number of amides is 2. The second-order valence-electron chi connectivity index (χ2n) is 6.96. The van der Waals surface area contributed by atoms with Gasteiger partial charge in [0.1, 0.15) is 5.69 Å². The highest BCUT2D eigenvalue weighted by Crippen LogP contribution is 2.41. The van der Waals surface area contributed by atoms with E-state index in [2.05, 4.69) is 13.8 Å². The van der Waals surface area contributed by atoms with Crippen LogP contribution >= 0.6 is 0 Å². The lowest BCUT2D eigenvalue weighted by Gasteiger charge is -2.41. The SMILES string of the molecule is CC(C)N1CCC[C@@]2(CCN(C(=O)c3cccn3C)C2)C1=O. The van der Waals surface area contributed by atoms with Crippen molar-refractivity contribution in [1.29, 1.82) is 0 Å². The Balaban J connectivity index is 1.78. The Bertz CT molecular complexity index is 592. The monoisotopic (exact) mass is 303 g/mol. The van der Waals surface area contributed by atoms with Gasteiger partial charge >= 0.3 is 0 Å². The van der Waals surface area contributed by atoms with E-state index in [0.29, 0.717) is 18.8 Å². The van der Waals surface area contributed by atoms with Crippen molar-refractivity contribution in [3.8, 4) is 0 Å². The lowest BCUT2D eigenvalue weighted by molar-refractivity contribution is -0.147. The van der Waals surface area contributed by atoms with Crippen LogP contribution in [-0.4, -0.2) is 51.9 Å². The molecule has 120 valence electrons. The summed E-state index contributed by atoms with van der Waals surface area (Å²) in [5.41, 5.74) is 0.351. The van der Waals surface area contributed by atoms with E-state index in [1.54, 1.807) is 0 Å². The van der Waals surface area contributed by atoms with Gasteiger partial charge in [-0.1, -0.05) is 0 Å². The van der Waals surface area contributed by atoms with E-state index in [0.717, 1.165) is 25.8 Å². The van der Waals surface area contributed by atoms with Crippen LogP contribution in [0.2, 0.25) is 0 Å². The molecule has 3 rings (SSSR count). The summed E-state index contributed by atoms with van der Waals surface area (Å²) >= 11 is 0. The molecule has 3 heterocycles. The highest BCUT2D eigenvalue weighted by atomic mass is 16.2. The van der Waals surface area contributed by atoms with Crippen molar-refractivity contribution in [2.24, 2.45) is 12.5 Å². The number of aromatic nitrogens is 1. The summed E-state index contributed by atoms with van der Waals surface area (Å²) in [6, 6.07) is 3.96. The molecule has 2 aliphatic heterocycles. The normalized spacial score (nSPS) is 25.5. The fourth-order valence-electron chi connectivity index (χ4n) is 3.86. The molecule has 1 aromatic heterocycles. The van der Waals surface area contributed by atoms with Crippen LogP contribution in [-0.2, 0) is 11.8 Å². The van der Waals surface area contributed by atoms with Gasteiger partial charge in [0.2, 0.25) is 5.91 Å². The van der Waals surface area contributed by atoms with E-state index < -0.39 is 0 Å². The lowest BCUT2D eigenvalue weighted by Crippen LogP contribution is -2.52. The summed E-state index contributed by atoms with van der Waals surface area (Å²) in [6.45, 7) is 6.24. The number of aryl methyl sites for hydroxylation is 1. The van der Waals surface area contributed by atoms with Crippen LogP contribution in [0.25, 0.3) is 0 Å². The predicted octanol–water partition coefficient (Wildman–Crippen LogP) is 1.89. The van der Waals surface area contributed by atoms with Gasteiger partial charge in [-0.15, -0.1) is 0 Å². The van der Waals surface area contributed by atoms with Crippen molar-refractivity contribution in [2.45, 2.75) is 39.2 Å². The number of carbonyl (C=O) groups is 2. The quantitative estimate of drug-likeness (QED) is 0.837. The molecule has 1 spiro atoms. The number of carbonyl (C=O) groups excluding carboxylic acids is 2. The van der Waals surface area contributed by atoms with Crippen LogP contribution in [0.15, 0.2) is 18.3 Å². The Labute approximate surface area is 131 Å². The summed E-state index contributed by atoms with van der Waals surface area (Å²) in [6.07, 6.45) is 4.62. The number of likely N-dealkylation sites (tertiary alicyclic amines) is 2. The van der Waals surface area contributed by atoms with Gasteiger partial charge in [0.15, 0.2) is 0 Å². The third-order valence-corrected chi connectivity index (χ3v) is 5.20. The fraction of sp³-hybridized carbons (Fsp3) is 0.647. The Morgan fingerprint density at radius 1 is 1.27 bits per heavy atom. The van der Waals surface area contributed by atoms with Crippen molar-refractivity contribution in [3.63, 3.8) is 0 Å². The first kappa shape index (κ1) is 15.1. The Morgan fingerprint density at radius 3 is 2.68 bits per heavy atom. The molecule has 0 radical (unpaired) electrons. The van der Waals surface area contributed by atoms with Crippen LogP contribution in [0.3, 0.4) is 0 Å². The van der Waals surface area contributed by atoms with Gasteiger partial charge in [0.25, 0.3) is 5.91 Å². The molecule has 0 aliphatic carbocycles. The minimum Gasteiger partial charge on any atom is -0.347 e. The maximum atomic E-state index is 12.9. The molecule has 5 heteroatoms. The molecule has 0 N–H and O–H groups in total. The van der Waals surface area contributed by atoms with Gasteiger partial charge in [-0.3, -0.25) is 9.59 Å². The van der Waals surface area contributed by atoms with Crippen LogP contribution in [0.4, 0.5) is 0 Å². The molecule has 5 nitrogen and oxygen atoms in total. The third kappa shape index (κ3) is 2.32. The molecule has 0 aromatic carbocycles. The maximum Gasteiger partial charge on any atom is 0.270 e. The number of piperidine rings is 1. The van der Waals surface area contributed by atoms with E-state index in [4.69, 9.17) is 0 Å². The first-order chi connectivity index (χ1) is 10.4. The van der Waals surface area contributed by atoms with E-state index in [1.807, 2.05) is 39.7 Å². The molecule has 2 saturated heterocycles. The zero-order chi connectivity index (χ0) is 15.9. The van der Waals surface area contributed by atoms with Crippen molar-refractivity contribution in [3.05, 3.63) is 24.0 Å². The van der Waals surface area contributed by atoms with E-state index in [-0.39, 0.29) is 23.3 Å². The second-order valence-corrected chi connectivity index (χ2v) is 6.96. The first-order valence-corrected chi connectivity index (χ1v) is 8.16. The summed E-state index contributed by atoms with van der Waals surface area (Å²) < 4.78 is 1.84. The van der Waals surface area contributed by atoms with E-state index >= 15 is 0 Å². The van der Waals surface area contributed by atoms with Crippen LogP contribution in [0.5, 0.6) is 0 Å². The molecule has 2 amide bonds. The van der Waals surface area contributed by atoms with Crippen molar-refractivity contribution in [1.82, 2.24) is 14.4 Å². The summed E-state index contributed by atoms with van der Waals surface area (Å²) in [4.78, 5) is 29.4. The van der Waals surface area contributed by atoms with Gasteiger partial charge in [0, 0.05) is 38.9 Å². The Morgan fingerprint density at radius 2 is 2.05 bits per heavy atom. The Kier molecular flexibility index (Phi) is 3.75. The number of hydrogen-bond donors (Lipinski definition) is 0. The molecule has 2 aliphatic rings. The molecule has 0 saturated carbocycles.